The molecule has 1 aliphatic heterocycles. The summed E-state index contributed by atoms with van der Waals surface area (Å²) < 4.78 is 19.2. The van der Waals surface area contributed by atoms with E-state index in [2.05, 4.69) is 15.9 Å². The van der Waals surface area contributed by atoms with Gasteiger partial charge in [0.1, 0.15) is 17.7 Å². The zero-order valence-electron chi connectivity index (χ0n) is 10.1. The van der Waals surface area contributed by atoms with Crippen molar-refractivity contribution in [3.05, 3.63) is 63.4 Å². The summed E-state index contributed by atoms with van der Waals surface area (Å²) in [5.41, 5.74) is 2.36. The molecule has 1 aliphatic rings. The van der Waals surface area contributed by atoms with Crippen LogP contribution in [0.25, 0.3) is 0 Å². The Balaban J connectivity index is 2.00. The van der Waals surface area contributed by atoms with Crippen LogP contribution in [0.4, 0.5) is 4.39 Å². The van der Waals surface area contributed by atoms with Gasteiger partial charge in [-0.1, -0.05) is 18.2 Å². The van der Waals surface area contributed by atoms with Gasteiger partial charge in [0.2, 0.25) is 0 Å². The van der Waals surface area contributed by atoms with Crippen molar-refractivity contribution < 1.29 is 14.2 Å². The average Bonchev–Trinajstić information content (AvgIpc) is 2.88. The maximum Gasteiger partial charge on any atom is 0.137 e. The van der Waals surface area contributed by atoms with Crippen molar-refractivity contribution >= 4 is 15.9 Å². The number of benzene rings is 2. The second kappa shape index (κ2) is 4.94. The summed E-state index contributed by atoms with van der Waals surface area (Å²) in [6.07, 6.45) is -0.00351. The van der Waals surface area contributed by atoms with Crippen LogP contribution in [0.2, 0.25) is 0 Å². The molecule has 0 aromatic heterocycles. The number of fused-ring (bicyclic) bond motifs is 1. The predicted octanol–water partition coefficient (Wildman–Crippen LogP) is 3.60. The van der Waals surface area contributed by atoms with Gasteiger partial charge in [-0.15, -0.1) is 0 Å². The van der Waals surface area contributed by atoms with Crippen molar-refractivity contribution in [1.29, 1.82) is 0 Å². The van der Waals surface area contributed by atoms with Gasteiger partial charge in [-0.05, 0) is 45.3 Å². The summed E-state index contributed by atoms with van der Waals surface area (Å²) in [5.74, 6) is 0.496. The molecule has 0 fully saturated rings. The molecule has 4 heteroatoms. The van der Waals surface area contributed by atoms with Crippen molar-refractivity contribution in [1.82, 2.24) is 0 Å². The molecule has 0 saturated heterocycles. The third-order valence-corrected chi connectivity index (χ3v) is 4.14. The third-order valence-electron chi connectivity index (χ3n) is 3.31. The van der Waals surface area contributed by atoms with Crippen molar-refractivity contribution in [2.24, 2.45) is 0 Å². The fraction of sp³-hybridized carbons (Fsp3) is 0.200. The first kappa shape index (κ1) is 12.6. The largest absolute Gasteiger partial charge is 0.493 e. The van der Waals surface area contributed by atoms with E-state index < -0.39 is 6.10 Å². The maximum atomic E-state index is 13.5. The van der Waals surface area contributed by atoms with Crippen LogP contribution in [0, 0.1) is 5.82 Å². The maximum absolute atomic E-state index is 13.5. The molecule has 0 saturated carbocycles. The molecular formula is C15H12BrFO2. The Morgan fingerprint density at radius 1 is 1.26 bits per heavy atom. The van der Waals surface area contributed by atoms with Crippen molar-refractivity contribution in [2.75, 3.05) is 6.61 Å². The Bertz CT molecular complexity index is 628. The first-order chi connectivity index (χ1) is 9.16. The number of hydrogen-bond donors (Lipinski definition) is 1. The van der Waals surface area contributed by atoms with Gasteiger partial charge >= 0.3 is 0 Å². The van der Waals surface area contributed by atoms with Crippen LogP contribution in [0.3, 0.4) is 0 Å². The number of rotatable bonds is 2. The van der Waals surface area contributed by atoms with Crippen LogP contribution in [0.1, 0.15) is 22.8 Å². The molecule has 1 N–H and O–H groups in total. The first-order valence-corrected chi connectivity index (χ1v) is 6.83. The van der Waals surface area contributed by atoms with E-state index in [1.807, 2.05) is 18.2 Å². The van der Waals surface area contributed by atoms with Crippen LogP contribution in [0.5, 0.6) is 5.75 Å². The molecule has 19 heavy (non-hydrogen) atoms. The van der Waals surface area contributed by atoms with Crippen LogP contribution in [-0.2, 0) is 6.42 Å². The number of halogens is 2. The highest BCUT2D eigenvalue weighted by Crippen LogP contribution is 2.33. The zero-order chi connectivity index (χ0) is 13.4. The molecule has 1 atom stereocenters. The second-order valence-corrected chi connectivity index (χ2v) is 5.30. The van der Waals surface area contributed by atoms with Crippen LogP contribution in [-0.4, -0.2) is 11.7 Å². The lowest BCUT2D eigenvalue weighted by Gasteiger charge is -2.14. The highest BCUT2D eigenvalue weighted by atomic mass is 79.9. The molecule has 98 valence electrons. The lowest BCUT2D eigenvalue weighted by Crippen LogP contribution is -2.02. The van der Waals surface area contributed by atoms with E-state index in [0.29, 0.717) is 16.6 Å². The molecule has 3 rings (SSSR count). The molecule has 0 aliphatic carbocycles. The SMILES string of the molecule is OC(c1ccc2c(c1)CCO2)c1cccc(F)c1Br. The van der Waals surface area contributed by atoms with Gasteiger partial charge in [-0.3, -0.25) is 0 Å². The van der Waals surface area contributed by atoms with Crippen molar-refractivity contribution in [3.8, 4) is 5.75 Å². The predicted molar refractivity (Wildman–Crippen MR) is 73.8 cm³/mol. The normalized spacial score (nSPS) is 14.9. The van der Waals surface area contributed by atoms with Gasteiger partial charge in [-0.25, -0.2) is 4.39 Å². The summed E-state index contributed by atoms with van der Waals surface area (Å²) in [5, 5.41) is 10.4. The Kier molecular flexibility index (Phi) is 3.29. The zero-order valence-corrected chi connectivity index (χ0v) is 11.7. The topological polar surface area (TPSA) is 29.5 Å². The van der Waals surface area contributed by atoms with Crippen molar-refractivity contribution in [3.63, 3.8) is 0 Å². The lowest BCUT2D eigenvalue weighted by molar-refractivity contribution is 0.219. The summed E-state index contributed by atoms with van der Waals surface area (Å²) >= 11 is 3.18. The number of hydrogen-bond acceptors (Lipinski definition) is 2. The molecular weight excluding hydrogens is 311 g/mol. The molecule has 2 aromatic rings. The Morgan fingerprint density at radius 3 is 2.95 bits per heavy atom. The van der Waals surface area contributed by atoms with E-state index in [-0.39, 0.29) is 5.82 Å². The van der Waals surface area contributed by atoms with Gasteiger partial charge in [0.25, 0.3) is 0 Å². The van der Waals surface area contributed by atoms with E-state index in [1.165, 1.54) is 6.07 Å². The van der Waals surface area contributed by atoms with Gasteiger partial charge in [0.15, 0.2) is 0 Å². The molecule has 0 spiro atoms. The minimum atomic E-state index is -0.851. The standard InChI is InChI=1S/C15H12BrFO2/c16-14-11(2-1-3-12(14)17)15(18)10-4-5-13-9(8-10)6-7-19-13/h1-5,8,15,18H,6-7H2. The summed E-state index contributed by atoms with van der Waals surface area (Å²) in [6, 6.07) is 10.2. The third kappa shape index (κ3) is 2.26. The van der Waals surface area contributed by atoms with Crippen LogP contribution >= 0.6 is 15.9 Å². The Labute approximate surface area is 119 Å². The highest BCUT2D eigenvalue weighted by molar-refractivity contribution is 9.10. The van der Waals surface area contributed by atoms with E-state index >= 15 is 0 Å². The van der Waals surface area contributed by atoms with E-state index in [9.17, 15) is 9.50 Å². The van der Waals surface area contributed by atoms with Gasteiger partial charge < -0.3 is 9.84 Å². The molecule has 0 radical (unpaired) electrons. The Morgan fingerprint density at radius 2 is 2.11 bits per heavy atom. The van der Waals surface area contributed by atoms with Gasteiger partial charge in [0.05, 0.1) is 11.1 Å². The Hall–Kier alpha value is -1.39. The summed E-state index contributed by atoms with van der Waals surface area (Å²) in [4.78, 5) is 0. The van der Waals surface area contributed by atoms with Crippen LogP contribution in [0.15, 0.2) is 40.9 Å². The molecule has 0 bridgehead atoms. The molecule has 1 unspecified atom stereocenters. The van der Waals surface area contributed by atoms with Gasteiger partial charge in [0, 0.05) is 12.0 Å². The smallest absolute Gasteiger partial charge is 0.137 e. The summed E-state index contributed by atoms with van der Waals surface area (Å²) in [7, 11) is 0. The summed E-state index contributed by atoms with van der Waals surface area (Å²) in [6.45, 7) is 0.679. The highest BCUT2D eigenvalue weighted by Gasteiger charge is 2.19. The molecule has 2 nitrogen and oxygen atoms in total. The number of aliphatic hydroxyl groups excluding tert-OH is 1. The minimum absolute atomic E-state index is 0.305. The fourth-order valence-electron chi connectivity index (χ4n) is 2.29. The number of ether oxygens (including phenoxy) is 1. The van der Waals surface area contributed by atoms with E-state index in [1.54, 1.807) is 12.1 Å². The van der Waals surface area contributed by atoms with Gasteiger partial charge in [-0.2, -0.15) is 0 Å². The molecule has 0 amide bonds. The monoisotopic (exact) mass is 322 g/mol. The van der Waals surface area contributed by atoms with E-state index in [0.717, 1.165) is 23.3 Å². The van der Waals surface area contributed by atoms with E-state index in [4.69, 9.17) is 4.74 Å². The lowest BCUT2D eigenvalue weighted by atomic mass is 9.99. The second-order valence-electron chi connectivity index (χ2n) is 4.51. The van der Waals surface area contributed by atoms with Crippen LogP contribution < -0.4 is 4.74 Å². The fourth-order valence-corrected chi connectivity index (χ4v) is 2.77. The average molecular weight is 323 g/mol. The molecule has 1 heterocycles. The molecule has 2 aromatic carbocycles. The quantitative estimate of drug-likeness (QED) is 0.915. The van der Waals surface area contributed by atoms with Crippen molar-refractivity contribution in [2.45, 2.75) is 12.5 Å². The first-order valence-electron chi connectivity index (χ1n) is 6.04. The number of aliphatic hydroxyl groups is 1. The minimum Gasteiger partial charge on any atom is -0.493 e.